The molecule has 0 atom stereocenters. The maximum absolute atomic E-state index is 11.7. The molecule has 1 aromatic heterocycles. The quantitative estimate of drug-likeness (QED) is 0.801. The molecule has 0 saturated heterocycles. The van der Waals surface area contributed by atoms with Crippen molar-refractivity contribution in [3.05, 3.63) is 17.3 Å². The number of amides is 1. The molecule has 0 unspecified atom stereocenters. The zero-order chi connectivity index (χ0) is 14.5. The molecule has 1 rings (SSSR count). The van der Waals surface area contributed by atoms with E-state index < -0.39 is 0 Å². The molecule has 5 nitrogen and oxygen atoms in total. The molecule has 0 spiro atoms. The van der Waals surface area contributed by atoms with Gasteiger partial charge in [0.2, 0.25) is 5.91 Å². The van der Waals surface area contributed by atoms with E-state index in [9.17, 15) is 4.79 Å². The fraction of sp³-hybridized carbons (Fsp3) is 0.714. The van der Waals surface area contributed by atoms with Crippen LogP contribution in [0.3, 0.4) is 0 Å². The minimum absolute atomic E-state index is 0.0455. The van der Waals surface area contributed by atoms with Crippen LogP contribution in [0, 0.1) is 6.92 Å². The van der Waals surface area contributed by atoms with Crippen molar-refractivity contribution in [1.82, 2.24) is 10.3 Å². The Labute approximate surface area is 114 Å². The Balaban J connectivity index is 2.53. The largest absolute Gasteiger partial charge is 0.444 e. The van der Waals surface area contributed by atoms with E-state index in [4.69, 9.17) is 9.15 Å². The summed E-state index contributed by atoms with van der Waals surface area (Å²) in [6.45, 7) is 9.24. The second-order valence-electron chi connectivity index (χ2n) is 5.65. The number of oxazole rings is 1. The predicted octanol–water partition coefficient (Wildman–Crippen LogP) is 1.98. The first-order chi connectivity index (χ1) is 8.84. The number of ether oxygens (including phenoxy) is 1. The Morgan fingerprint density at radius 1 is 1.42 bits per heavy atom. The van der Waals surface area contributed by atoms with Gasteiger partial charge in [-0.1, -0.05) is 20.8 Å². The third kappa shape index (κ3) is 5.03. The molecule has 108 valence electrons. The van der Waals surface area contributed by atoms with Crippen molar-refractivity contribution in [2.75, 3.05) is 20.3 Å². The van der Waals surface area contributed by atoms with Gasteiger partial charge in [-0.15, -0.1) is 0 Å². The van der Waals surface area contributed by atoms with Gasteiger partial charge in [0.25, 0.3) is 0 Å². The van der Waals surface area contributed by atoms with Crippen LogP contribution in [0.1, 0.15) is 44.5 Å². The molecule has 0 aliphatic rings. The molecule has 0 aliphatic carbocycles. The molecule has 0 bridgehead atoms. The van der Waals surface area contributed by atoms with Crippen molar-refractivity contribution < 1.29 is 13.9 Å². The van der Waals surface area contributed by atoms with Gasteiger partial charge in [-0.25, -0.2) is 4.98 Å². The molecule has 0 aliphatic heterocycles. The number of nitrogens with zero attached hydrogens (tertiary/aromatic N) is 1. The Hall–Kier alpha value is -1.36. The number of rotatable bonds is 6. The minimum Gasteiger partial charge on any atom is -0.444 e. The molecule has 1 aromatic rings. The standard InChI is InChI=1S/C14H24N2O3/c1-10-11(19-13(16-10)14(2,3)4)9-12(17)15-7-6-8-18-5/h6-9H2,1-5H3,(H,15,17). The van der Waals surface area contributed by atoms with Gasteiger partial charge in [-0.05, 0) is 13.3 Å². The first-order valence-corrected chi connectivity index (χ1v) is 6.57. The molecule has 0 saturated carbocycles. The van der Waals surface area contributed by atoms with E-state index in [1.807, 2.05) is 27.7 Å². The Kier molecular flexibility index (Phi) is 5.54. The van der Waals surface area contributed by atoms with E-state index in [-0.39, 0.29) is 17.7 Å². The summed E-state index contributed by atoms with van der Waals surface area (Å²) < 4.78 is 10.6. The lowest BCUT2D eigenvalue weighted by Crippen LogP contribution is -2.26. The second kappa shape index (κ2) is 6.70. The average molecular weight is 268 g/mol. The van der Waals surface area contributed by atoms with Crippen LogP contribution in [0.2, 0.25) is 0 Å². The van der Waals surface area contributed by atoms with Crippen molar-refractivity contribution in [2.24, 2.45) is 0 Å². The number of methoxy groups -OCH3 is 1. The van der Waals surface area contributed by atoms with E-state index in [2.05, 4.69) is 10.3 Å². The van der Waals surface area contributed by atoms with Gasteiger partial charge in [0.1, 0.15) is 5.76 Å². The number of carbonyl (C=O) groups is 1. The lowest BCUT2D eigenvalue weighted by Gasteiger charge is -2.12. The zero-order valence-corrected chi connectivity index (χ0v) is 12.5. The molecule has 5 heteroatoms. The van der Waals surface area contributed by atoms with Gasteiger partial charge in [0, 0.05) is 25.7 Å². The molecule has 0 radical (unpaired) electrons. The highest BCUT2D eigenvalue weighted by Gasteiger charge is 2.23. The topological polar surface area (TPSA) is 64.4 Å². The van der Waals surface area contributed by atoms with E-state index in [1.165, 1.54) is 0 Å². The van der Waals surface area contributed by atoms with Crippen molar-refractivity contribution in [2.45, 2.75) is 46.0 Å². The number of carbonyl (C=O) groups excluding carboxylic acids is 1. The molecular weight excluding hydrogens is 244 g/mol. The fourth-order valence-electron chi connectivity index (χ4n) is 1.57. The van der Waals surface area contributed by atoms with Crippen LogP contribution in [-0.4, -0.2) is 31.2 Å². The van der Waals surface area contributed by atoms with Gasteiger partial charge in [-0.3, -0.25) is 4.79 Å². The number of aryl methyl sites for hydroxylation is 1. The van der Waals surface area contributed by atoms with Gasteiger partial charge >= 0.3 is 0 Å². The van der Waals surface area contributed by atoms with Crippen LogP contribution in [0.5, 0.6) is 0 Å². The van der Waals surface area contributed by atoms with Crippen LogP contribution in [0.4, 0.5) is 0 Å². The SMILES string of the molecule is COCCCNC(=O)Cc1oc(C(C)(C)C)nc1C. The third-order valence-electron chi connectivity index (χ3n) is 2.70. The van der Waals surface area contributed by atoms with E-state index in [0.29, 0.717) is 24.8 Å². The highest BCUT2D eigenvalue weighted by Crippen LogP contribution is 2.23. The van der Waals surface area contributed by atoms with Crippen LogP contribution in [-0.2, 0) is 21.4 Å². The lowest BCUT2D eigenvalue weighted by molar-refractivity contribution is -0.120. The van der Waals surface area contributed by atoms with Crippen molar-refractivity contribution in [3.63, 3.8) is 0 Å². The van der Waals surface area contributed by atoms with Crippen LogP contribution < -0.4 is 5.32 Å². The van der Waals surface area contributed by atoms with Crippen molar-refractivity contribution >= 4 is 5.91 Å². The average Bonchev–Trinajstić information content (AvgIpc) is 2.66. The maximum Gasteiger partial charge on any atom is 0.227 e. The summed E-state index contributed by atoms with van der Waals surface area (Å²) >= 11 is 0. The number of aromatic nitrogens is 1. The third-order valence-corrected chi connectivity index (χ3v) is 2.70. The molecule has 1 N–H and O–H groups in total. The second-order valence-corrected chi connectivity index (χ2v) is 5.65. The molecule has 1 heterocycles. The van der Waals surface area contributed by atoms with Gasteiger partial charge < -0.3 is 14.5 Å². The first kappa shape index (κ1) is 15.7. The molecule has 1 amide bonds. The van der Waals surface area contributed by atoms with Gasteiger partial charge in [-0.2, -0.15) is 0 Å². The summed E-state index contributed by atoms with van der Waals surface area (Å²) in [6, 6.07) is 0. The number of nitrogens with one attached hydrogen (secondary N) is 1. The molecule has 0 fully saturated rings. The molecular formula is C14H24N2O3. The summed E-state index contributed by atoms with van der Waals surface area (Å²) in [5.74, 6) is 1.28. The molecule has 19 heavy (non-hydrogen) atoms. The van der Waals surface area contributed by atoms with Crippen molar-refractivity contribution in [1.29, 1.82) is 0 Å². The number of hydrogen-bond acceptors (Lipinski definition) is 4. The van der Waals surface area contributed by atoms with E-state index in [0.717, 1.165) is 12.1 Å². The van der Waals surface area contributed by atoms with Crippen LogP contribution in [0.25, 0.3) is 0 Å². The van der Waals surface area contributed by atoms with E-state index in [1.54, 1.807) is 7.11 Å². The number of hydrogen-bond donors (Lipinski definition) is 1. The summed E-state index contributed by atoms with van der Waals surface area (Å²) in [4.78, 5) is 16.1. The fourth-order valence-corrected chi connectivity index (χ4v) is 1.57. The lowest BCUT2D eigenvalue weighted by atomic mass is 9.97. The van der Waals surface area contributed by atoms with Crippen LogP contribution >= 0.6 is 0 Å². The molecule has 0 aromatic carbocycles. The Bertz CT molecular complexity index is 419. The van der Waals surface area contributed by atoms with Crippen molar-refractivity contribution in [3.8, 4) is 0 Å². The normalized spacial score (nSPS) is 11.6. The van der Waals surface area contributed by atoms with Gasteiger partial charge in [0.15, 0.2) is 5.89 Å². The van der Waals surface area contributed by atoms with E-state index >= 15 is 0 Å². The summed E-state index contributed by atoms with van der Waals surface area (Å²) in [6.07, 6.45) is 1.05. The Morgan fingerprint density at radius 2 is 2.11 bits per heavy atom. The van der Waals surface area contributed by atoms with Crippen LogP contribution in [0.15, 0.2) is 4.42 Å². The Morgan fingerprint density at radius 3 is 2.63 bits per heavy atom. The summed E-state index contributed by atoms with van der Waals surface area (Å²) in [5.41, 5.74) is 0.648. The first-order valence-electron chi connectivity index (χ1n) is 6.57. The predicted molar refractivity (Wildman–Crippen MR) is 73.1 cm³/mol. The maximum atomic E-state index is 11.7. The van der Waals surface area contributed by atoms with Gasteiger partial charge in [0.05, 0.1) is 12.1 Å². The zero-order valence-electron chi connectivity index (χ0n) is 12.5. The summed E-state index contributed by atoms with van der Waals surface area (Å²) in [7, 11) is 1.65. The minimum atomic E-state index is -0.141. The monoisotopic (exact) mass is 268 g/mol. The summed E-state index contributed by atoms with van der Waals surface area (Å²) in [5, 5.41) is 2.83. The highest BCUT2D eigenvalue weighted by molar-refractivity contribution is 5.78. The smallest absolute Gasteiger partial charge is 0.227 e. The highest BCUT2D eigenvalue weighted by atomic mass is 16.5.